The molecule has 3 nitrogen and oxygen atoms in total. The highest BCUT2D eigenvalue weighted by atomic mass is 19.4. The summed E-state index contributed by atoms with van der Waals surface area (Å²) in [6.07, 6.45) is -0.766. The molecule has 1 aliphatic rings. The van der Waals surface area contributed by atoms with Gasteiger partial charge in [0.1, 0.15) is 0 Å². The van der Waals surface area contributed by atoms with Gasteiger partial charge < -0.3 is 9.47 Å². The van der Waals surface area contributed by atoms with Crippen LogP contribution in [0.2, 0.25) is 0 Å². The summed E-state index contributed by atoms with van der Waals surface area (Å²) in [4.78, 5) is 14.4. The Balaban J connectivity index is 1.86. The lowest BCUT2D eigenvalue weighted by atomic mass is 10.1. The second-order valence-electron chi connectivity index (χ2n) is 5.85. The number of benzene rings is 1. The summed E-state index contributed by atoms with van der Waals surface area (Å²) in [6.45, 7) is 0.406. The minimum Gasteiger partial charge on any atom is -0.353 e. The highest BCUT2D eigenvalue weighted by molar-refractivity contribution is 5.94. The van der Waals surface area contributed by atoms with Gasteiger partial charge in [-0.25, -0.2) is 0 Å². The van der Waals surface area contributed by atoms with E-state index in [1.807, 2.05) is 29.9 Å². The fourth-order valence-corrected chi connectivity index (χ4v) is 2.58. The van der Waals surface area contributed by atoms with Crippen molar-refractivity contribution in [1.82, 2.24) is 9.47 Å². The first kappa shape index (κ1) is 15.6. The van der Waals surface area contributed by atoms with Crippen LogP contribution in [0, 0.1) is 0 Å². The Hall–Kier alpha value is -2.24. The van der Waals surface area contributed by atoms with E-state index in [4.69, 9.17) is 0 Å². The molecule has 2 aromatic rings. The van der Waals surface area contributed by atoms with Crippen LogP contribution in [-0.4, -0.2) is 21.4 Å². The van der Waals surface area contributed by atoms with Gasteiger partial charge in [-0.05, 0) is 43.2 Å². The summed E-state index contributed by atoms with van der Waals surface area (Å²) < 4.78 is 40.4. The van der Waals surface area contributed by atoms with Crippen molar-refractivity contribution in [2.75, 3.05) is 0 Å². The van der Waals surface area contributed by atoms with Crippen molar-refractivity contribution >= 4 is 5.91 Å². The van der Waals surface area contributed by atoms with E-state index < -0.39 is 11.7 Å². The number of aromatic nitrogens is 1. The highest BCUT2D eigenvalue weighted by Crippen LogP contribution is 2.32. The maximum Gasteiger partial charge on any atom is 0.416 e. The monoisotopic (exact) mass is 322 g/mol. The molecule has 23 heavy (non-hydrogen) atoms. The fraction of sp³-hybridized carbons (Fsp3) is 0.353. The molecule has 0 bridgehead atoms. The summed E-state index contributed by atoms with van der Waals surface area (Å²) in [5, 5.41) is 0. The largest absolute Gasteiger partial charge is 0.416 e. The summed E-state index contributed by atoms with van der Waals surface area (Å²) >= 11 is 0. The number of rotatable bonds is 4. The number of nitrogens with zero attached hydrogens (tertiary/aromatic N) is 2. The highest BCUT2D eigenvalue weighted by Gasteiger charge is 2.35. The van der Waals surface area contributed by atoms with Crippen molar-refractivity contribution < 1.29 is 18.0 Å². The molecular formula is C17H17F3N2O. The van der Waals surface area contributed by atoms with Crippen LogP contribution in [-0.2, 0) is 19.8 Å². The van der Waals surface area contributed by atoms with Gasteiger partial charge in [-0.1, -0.05) is 6.07 Å². The van der Waals surface area contributed by atoms with E-state index in [2.05, 4.69) is 0 Å². The van der Waals surface area contributed by atoms with E-state index in [1.165, 1.54) is 12.1 Å². The number of amides is 1. The van der Waals surface area contributed by atoms with Crippen molar-refractivity contribution in [3.63, 3.8) is 0 Å². The van der Waals surface area contributed by atoms with Gasteiger partial charge in [0.15, 0.2) is 0 Å². The van der Waals surface area contributed by atoms with Crippen molar-refractivity contribution in [2.24, 2.45) is 7.05 Å². The Labute approximate surface area is 132 Å². The third-order valence-electron chi connectivity index (χ3n) is 4.07. The average molecular weight is 322 g/mol. The molecule has 0 N–H and O–H groups in total. The quantitative estimate of drug-likeness (QED) is 0.839. The Bertz CT molecular complexity index is 717. The van der Waals surface area contributed by atoms with Gasteiger partial charge in [-0.3, -0.25) is 4.79 Å². The lowest BCUT2D eigenvalue weighted by Crippen LogP contribution is -2.33. The molecule has 1 aliphatic carbocycles. The van der Waals surface area contributed by atoms with E-state index in [0.717, 1.165) is 30.7 Å². The third kappa shape index (κ3) is 3.41. The molecule has 0 radical (unpaired) electrons. The Morgan fingerprint density at radius 1 is 1.26 bits per heavy atom. The Morgan fingerprint density at radius 2 is 2.00 bits per heavy atom. The molecule has 1 saturated carbocycles. The molecule has 1 amide bonds. The number of alkyl halides is 3. The van der Waals surface area contributed by atoms with Crippen LogP contribution >= 0.6 is 0 Å². The van der Waals surface area contributed by atoms with Gasteiger partial charge in [0.05, 0.1) is 12.1 Å². The van der Waals surface area contributed by atoms with Gasteiger partial charge in [-0.15, -0.1) is 0 Å². The van der Waals surface area contributed by atoms with Crippen LogP contribution in [0.5, 0.6) is 0 Å². The first-order valence-electron chi connectivity index (χ1n) is 7.44. The minimum atomic E-state index is -4.45. The molecule has 1 aromatic carbocycles. The van der Waals surface area contributed by atoms with E-state index in [9.17, 15) is 18.0 Å². The maximum atomic E-state index is 12.8. The van der Waals surface area contributed by atoms with Gasteiger partial charge in [-0.2, -0.15) is 13.2 Å². The summed E-state index contributed by atoms with van der Waals surface area (Å²) in [7, 11) is 1.88. The van der Waals surface area contributed by atoms with Crippen LogP contribution < -0.4 is 0 Å². The van der Waals surface area contributed by atoms with Gasteiger partial charge in [0.25, 0.3) is 5.91 Å². The number of carbonyl (C=O) groups excluding carboxylic acids is 1. The van der Waals surface area contributed by atoms with Crippen LogP contribution in [0.3, 0.4) is 0 Å². The molecule has 0 saturated heterocycles. The van der Waals surface area contributed by atoms with E-state index >= 15 is 0 Å². The summed E-state index contributed by atoms with van der Waals surface area (Å²) in [5.41, 5.74) is 0.246. The molecule has 0 atom stereocenters. The number of hydrogen-bond donors (Lipinski definition) is 0. The lowest BCUT2D eigenvalue weighted by molar-refractivity contribution is -0.137. The topological polar surface area (TPSA) is 25.2 Å². The zero-order valence-corrected chi connectivity index (χ0v) is 12.7. The first-order valence-corrected chi connectivity index (χ1v) is 7.44. The molecule has 0 spiro atoms. The van der Waals surface area contributed by atoms with Gasteiger partial charge in [0, 0.05) is 30.5 Å². The maximum absolute atomic E-state index is 12.8. The standard InChI is InChI=1S/C17H17F3N2O/c1-21-9-3-6-15(21)11-22(14-7-8-14)16(23)12-4-2-5-13(10-12)17(18,19)20/h2-6,9-10,14H,7-8,11H2,1H3. The van der Waals surface area contributed by atoms with Crippen LogP contribution in [0.4, 0.5) is 13.2 Å². The molecule has 1 fully saturated rings. The van der Waals surface area contributed by atoms with Crippen molar-refractivity contribution in [2.45, 2.75) is 31.6 Å². The number of aryl methyl sites for hydroxylation is 1. The van der Waals surface area contributed by atoms with Crippen molar-refractivity contribution in [3.05, 3.63) is 59.4 Å². The van der Waals surface area contributed by atoms with E-state index in [1.54, 1.807) is 4.90 Å². The van der Waals surface area contributed by atoms with Crippen molar-refractivity contribution in [1.29, 1.82) is 0 Å². The molecule has 3 rings (SSSR count). The minimum absolute atomic E-state index is 0.0842. The van der Waals surface area contributed by atoms with E-state index in [-0.39, 0.29) is 17.5 Å². The number of hydrogen-bond acceptors (Lipinski definition) is 1. The molecular weight excluding hydrogens is 305 g/mol. The molecule has 1 heterocycles. The fourth-order valence-electron chi connectivity index (χ4n) is 2.58. The smallest absolute Gasteiger partial charge is 0.353 e. The summed E-state index contributed by atoms with van der Waals surface area (Å²) in [5.74, 6) is -0.347. The normalized spacial score (nSPS) is 14.8. The predicted molar refractivity (Wildman–Crippen MR) is 79.8 cm³/mol. The summed E-state index contributed by atoms with van der Waals surface area (Å²) in [6, 6.07) is 8.55. The Morgan fingerprint density at radius 3 is 2.57 bits per heavy atom. The molecule has 1 aromatic heterocycles. The molecule has 0 unspecified atom stereocenters. The van der Waals surface area contributed by atoms with Gasteiger partial charge >= 0.3 is 6.18 Å². The SMILES string of the molecule is Cn1cccc1CN(C(=O)c1cccc(C(F)(F)F)c1)C1CC1. The second kappa shape index (κ2) is 5.76. The zero-order valence-electron chi connectivity index (χ0n) is 12.7. The van der Waals surface area contributed by atoms with E-state index in [0.29, 0.717) is 6.54 Å². The molecule has 122 valence electrons. The zero-order chi connectivity index (χ0) is 16.6. The lowest BCUT2D eigenvalue weighted by Gasteiger charge is -2.23. The predicted octanol–water partition coefficient (Wildman–Crippen LogP) is 3.85. The number of carbonyl (C=O) groups is 1. The van der Waals surface area contributed by atoms with Crippen LogP contribution in [0.25, 0.3) is 0 Å². The van der Waals surface area contributed by atoms with Gasteiger partial charge in [0.2, 0.25) is 0 Å². The third-order valence-corrected chi connectivity index (χ3v) is 4.07. The van der Waals surface area contributed by atoms with Crippen LogP contribution in [0.1, 0.15) is 34.5 Å². The average Bonchev–Trinajstić information content (AvgIpc) is 3.27. The Kier molecular flexibility index (Phi) is 3.92. The number of halogens is 3. The second-order valence-corrected chi connectivity index (χ2v) is 5.85. The van der Waals surface area contributed by atoms with Crippen molar-refractivity contribution in [3.8, 4) is 0 Å². The van der Waals surface area contributed by atoms with Crippen LogP contribution in [0.15, 0.2) is 42.6 Å². The molecule has 0 aliphatic heterocycles. The molecule has 6 heteroatoms. The first-order chi connectivity index (χ1) is 10.9.